The van der Waals surface area contributed by atoms with Crippen molar-refractivity contribution in [3.8, 4) is 33.9 Å². The van der Waals surface area contributed by atoms with Gasteiger partial charge in [0.25, 0.3) is 5.56 Å². The maximum Gasteiger partial charge on any atom is 0.407 e. The van der Waals surface area contributed by atoms with E-state index >= 15 is 4.39 Å². The van der Waals surface area contributed by atoms with Crippen LogP contribution in [0.15, 0.2) is 89.7 Å². The molecule has 0 saturated heterocycles. The van der Waals surface area contributed by atoms with Gasteiger partial charge in [-0.2, -0.15) is 0 Å². The smallest absolute Gasteiger partial charge is 0.407 e. The second-order valence-electron chi connectivity index (χ2n) is 26.9. The molecule has 23 heteroatoms. The Balaban J connectivity index is 0.695. The van der Waals surface area contributed by atoms with Gasteiger partial charge in [0.1, 0.15) is 36.8 Å². The van der Waals surface area contributed by atoms with Crippen LogP contribution in [0, 0.1) is 18.7 Å². The number of pyridine rings is 2. The van der Waals surface area contributed by atoms with Gasteiger partial charge in [0, 0.05) is 58.8 Å². The van der Waals surface area contributed by atoms with Crippen molar-refractivity contribution in [2.24, 2.45) is 11.7 Å². The number of amides is 5. The van der Waals surface area contributed by atoms with Crippen LogP contribution in [-0.2, 0) is 82.0 Å². The number of alkyl carbamates (subject to hydrolysis) is 1. The monoisotopic (exact) mass is 1310 g/mol. The van der Waals surface area contributed by atoms with Gasteiger partial charge in [0.15, 0.2) is 5.60 Å². The fraction of sp³-hybridized carbons (Fsp3) is 0.452. The number of unbranched alkanes of at least 4 members (excludes halogenated alkanes) is 1. The van der Waals surface area contributed by atoms with Crippen LogP contribution in [0.2, 0.25) is 0 Å². The summed E-state index contributed by atoms with van der Waals surface area (Å²) < 4.78 is 36.7. The molecule has 0 spiro atoms. The number of rotatable bonds is 24. The van der Waals surface area contributed by atoms with E-state index in [1.165, 1.54) is 10.6 Å². The van der Waals surface area contributed by atoms with Crippen LogP contribution in [0.5, 0.6) is 0 Å². The highest BCUT2D eigenvalue weighted by Gasteiger charge is 2.46. The lowest BCUT2D eigenvalue weighted by Gasteiger charge is -2.33. The number of para-hydroxylation sites is 1. The van der Waals surface area contributed by atoms with Crippen LogP contribution in [0.1, 0.15) is 170 Å². The second-order valence-corrected chi connectivity index (χ2v) is 26.9. The summed E-state index contributed by atoms with van der Waals surface area (Å²) >= 11 is 0. The average Bonchev–Trinajstić information content (AvgIpc) is 1.53. The number of anilines is 2. The number of nitrogens with zero attached hydrogens (tertiary/aromatic N) is 6. The van der Waals surface area contributed by atoms with E-state index in [1.54, 1.807) is 44.2 Å². The van der Waals surface area contributed by atoms with Gasteiger partial charge in [-0.15, -0.1) is 5.10 Å². The molecule has 5 atom stereocenters. The molecule has 506 valence electrons. The number of nitrogens with one attached hydrogen (secondary N) is 4. The number of nitrogens with two attached hydrogens (primary N) is 1. The fourth-order valence-corrected chi connectivity index (χ4v) is 13.7. The molecule has 22 nitrogen and oxygen atoms in total. The summed E-state index contributed by atoms with van der Waals surface area (Å²) in [5, 5.41) is 33.5. The number of fused-ring (bicyclic) bond motifs is 10. The first-order chi connectivity index (χ1) is 45.9. The highest BCUT2D eigenvalue weighted by atomic mass is 19.1. The molecule has 3 aliphatic heterocycles. The van der Waals surface area contributed by atoms with Crippen LogP contribution in [0.25, 0.3) is 44.8 Å². The topological polar surface area (TPSA) is 293 Å². The van der Waals surface area contributed by atoms with E-state index in [2.05, 4.69) is 41.2 Å². The van der Waals surface area contributed by atoms with Crippen LogP contribution in [0.3, 0.4) is 0 Å². The van der Waals surface area contributed by atoms with Crippen molar-refractivity contribution in [2.45, 2.75) is 194 Å². The summed E-state index contributed by atoms with van der Waals surface area (Å²) in [6.07, 6.45) is 3.45. The molecule has 0 fully saturated rings. The van der Waals surface area contributed by atoms with Crippen molar-refractivity contribution in [2.75, 3.05) is 23.4 Å². The van der Waals surface area contributed by atoms with Crippen molar-refractivity contribution in [1.29, 1.82) is 0 Å². The number of aromatic nitrogens is 5. The minimum atomic E-state index is -2.04. The van der Waals surface area contributed by atoms with E-state index in [4.69, 9.17) is 35.2 Å². The number of carbonyl (C=O) groups excluding carboxylic acids is 6. The number of esters is 1. The van der Waals surface area contributed by atoms with Gasteiger partial charge in [0.2, 0.25) is 23.6 Å². The zero-order valence-corrected chi connectivity index (χ0v) is 56.1. The molecule has 4 aromatic carbocycles. The third-order valence-corrected chi connectivity index (χ3v) is 19.8. The number of cyclic esters (lactones) is 1. The molecule has 4 aliphatic rings. The quantitative estimate of drug-likeness (QED) is 0.0242. The molecular formula is C73H86FN11O11. The lowest BCUT2D eigenvalue weighted by Crippen LogP contribution is -2.54. The number of hydrogen-bond acceptors (Lipinski definition) is 15. The fourth-order valence-electron chi connectivity index (χ4n) is 13.7. The predicted octanol–water partition coefficient (Wildman–Crippen LogP) is 10.1. The molecule has 7 aromatic rings. The first-order valence-electron chi connectivity index (χ1n) is 33.5. The summed E-state index contributed by atoms with van der Waals surface area (Å²) in [4.78, 5) is 103. The SMILES string of the molecule is CCC(=O)N1Cc2ccccc2-c2c(nnn2C(C)(C)CCOC(C)(CC)CCC(=O)NC(C(=O)N[C@@H](CCCCN)C(=O)Nc2ccc(COC(=O)N[C@H]3CCc4c(C)c(F)cc5nc6c(c3c45)Cn3c-6cc4c(c3=O)COC(=O)[C@]4(O)CC)cc2)C(C)C)-c2ccccc21. The second kappa shape index (κ2) is 27.9. The van der Waals surface area contributed by atoms with E-state index < -0.39 is 70.1 Å². The third-order valence-electron chi connectivity index (χ3n) is 19.8. The molecule has 2 unspecified atom stereocenters. The molecule has 7 N–H and O–H groups in total. The van der Waals surface area contributed by atoms with Crippen molar-refractivity contribution in [1.82, 2.24) is 40.5 Å². The summed E-state index contributed by atoms with van der Waals surface area (Å²) in [7, 11) is 0. The average molecular weight is 1310 g/mol. The first-order valence-corrected chi connectivity index (χ1v) is 33.5. The summed E-state index contributed by atoms with van der Waals surface area (Å²) in [5.74, 6) is -2.93. The third kappa shape index (κ3) is 13.3. The van der Waals surface area contributed by atoms with Gasteiger partial charge >= 0.3 is 12.1 Å². The number of aliphatic hydroxyl groups is 1. The van der Waals surface area contributed by atoms with Gasteiger partial charge in [-0.05, 0) is 150 Å². The van der Waals surface area contributed by atoms with E-state index in [-0.39, 0.29) is 67.9 Å². The van der Waals surface area contributed by atoms with E-state index in [9.17, 15) is 38.7 Å². The van der Waals surface area contributed by atoms with Gasteiger partial charge in [-0.25, -0.2) is 23.6 Å². The largest absolute Gasteiger partial charge is 0.458 e. The lowest BCUT2D eigenvalue weighted by molar-refractivity contribution is -0.172. The normalized spacial score (nSPS) is 17.2. The molecule has 0 radical (unpaired) electrons. The molecule has 96 heavy (non-hydrogen) atoms. The Labute approximate surface area is 557 Å². The standard InChI is InChI=1S/C73H86FN11O11/c1-10-59(87)83-37-44-19-13-14-20-47(44)65-64(48-21-15-16-23-56(48)83)81-82-85(65)71(7,8)32-34-96-72(9,11-2)31-30-58(86)80-62(41(4)5)67(89)78-54(22-17-18-33-75)66(88)76-45-26-24-43(25-27-45)39-95-70(92)79-53-29-28-46-42(6)52(74)36-55-60(46)61(53)49-38-84-57(63(49)77-55)35-51-50(68(84)90)40-94-69(91)73(51,93)12-3/h13-16,19-21,23-27,35-36,41,53-54,62,93H,10-12,17-18,22,28-34,37-40,75H2,1-9H3,(H,76,88)(H,78,89)(H,79,92)(H,80,86)/t53-,54-,62?,72?,73-/m0/s1. The van der Waals surface area contributed by atoms with Crippen molar-refractivity contribution in [3.63, 3.8) is 0 Å². The molecule has 1 aliphatic carbocycles. The van der Waals surface area contributed by atoms with Crippen LogP contribution in [0.4, 0.5) is 20.6 Å². The minimum Gasteiger partial charge on any atom is -0.458 e. The lowest BCUT2D eigenvalue weighted by atomic mass is 9.81. The number of hydrogen-bond donors (Lipinski definition) is 6. The Hall–Kier alpha value is -9.19. The van der Waals surface area contributed by atoms with Gasteiger partial charge in [-0.1, -0.05) is 94.4 Å². The number of halogens is 1. The Kier molecular flexibility index (Phi) is 19.8. The highest BCUT2D eigenvalue weighted by molar-refractivity contribution is 6.01. The van der Waals surface area contributed by atoms with Gasteiger partial charge in [-0.3, -0.25) is 24.0 Å². The summed E-state index contributed by atoms with van der Waals surface area (Å²) in [6, 6.07) is 23.0. The zero-order chi connectivity index (χ0) is 68.5. The molecular weight excluding hydrogens is 1230 g/mol. The minimum absolute atomic E-state index is 0.0123. The van der Waals surface area contributed by atoms with Gasteiger partial charge in [0.05, 0.1) is 64.1 Å². The molecule has 0 saturated carbocycles. The van der Waals surface area contributed by atoms with Crippen molar-refractivity contribution in [3.05, 3.63) is 146 Å². The number of aryl methyl sites for hydroxylation is 1. The number of ether oxygens (including phenoxy) is 3. The number of benzene rings is 4. The Morgan fingerprint density at radius 1 is 0.885 bits per heavy atom. The van der Waals surface area contributed by atoms with E-state index in [0.717, 1.165) is 33.6 Å². The highest BCUT2D eigenvalue weighted by Crippen LogP contribution is 2.47. The summed E-state index contributed by atoms with van der Waals surface area (Å²) in [6.45, 7) is 17.8. The van der Waals surface area contributed by atoms with Crippen molar-refractivity contribution < 1.29 is 52.5 Å². The predicted molar refractivity (Wildman–Crippen MR) is 360 cm³/mol. The maximum absolute atomic E-state index is 15.5. The van der Waals surface area contributed by atoms with E-state index in [0.29, 0.717) is 127 Å². The first kappa shape index (κ1) is 68.2. The van der Waals surface area contributed by atoms with E-state index in [1.807, 2.05) is 86.7 Å². The summed E-state index contributed by atoms with van der Waals surface area (Å²) in [5.41, 5.74) is 12.1. The molecule has 0 bridgehead atoms. The maximum atomic E-state index is 15.5. The Bertz CT molecular complexity index is 4260. The molecule has 3 aromatic heterocycles. The van der Waals surface area contributed by atoms with Crippen LogP contribution >= 0.6 is 0 Å². The Morgan fingerprint density at radius 2 is 1.62 bits per heavy atom. The molecule has 5 amide bonds. The van der Waals surface area contributed by atoms with Crippen LogP contribution < -0.4 is 37.5 Å². The van der Waals surface area contributed by atoms with Crippen LogP contribution in [-0.4, -0.2) is 96.2 Å². The van der Waals surface area contributed by atoms with Crippen molar-refractivity contribution >= 4 is 58.0 Å². The zero-order valence-electron chi connectivity index (χ0n) is 56.1. The molecule has 6 heterocycles. The molecule has 11 rings (SSSR count). The number of carbonyl (C=O) groups is 6. The van der Waals surface area contributed by atoms with Gasteiger partial charge < -0.3 is 55.8 Å². The Morgan fingerprint density at radius 3 is 2.34 bits per heavy atom.